The molecule has 0 saturated carbocycles. The van der Waals surface area contributed by atoms with E-state index in [1.807, 2.05) is 41.3 Å². The number of methoxy groups -OCH3 is 3. The summed E-state index contributed by atoms with van der Waals surface area (Å²) >= 11 is 0. The highest BCUT2D eigenvalue weighted by atomic mass is 16.5. The fraction of sp³-hybridized carbons (Fsp3) is 0.233. The van der Waals surface area contributed by atoms with Gasteiger partial charge in [0.2, 0.25) is 11.8 Å². The number of ketones is 1. The zero-order chi connectivity index (χ0) is 26.6. The monoisotopic (exact) mass is 510 g/mol. The van der Waals surface area contributed by atoms with Crippen LogP contribution in [0.3, 0.4) is 0 Å². The molecule has 3 heterocycles. The van der Waals surface area contributed by atoms with Gasteiger partial charge in [-0.15, -0.1) is 0 Å². The van der Waals surface area contributed by atoms with Gasteiger partial charge in [0.05, 0.1) is 44.9 Å². The second-order valence-electron chi connectivity index (χ2n) is 9.46. The first-order valence-corrected chi connectivity index (χ1v) is 12.3. The van der Waals surface area contributed by atoms with Crippen LogP contribution in [-0.4, -0.2) is 51.0 Å². The molecule has 2 saturated heterocycles. The minimum absolute atomic E-state index is 0.258. The van der Waals surface area contributed by atoms with Crippen molar-refractivity contribution in [3.8, 4) is 17.2 Å². The lowest BCUT2D eigenvalue weighted by Crippen LogP contribution is -2.48. The Morgan fingerprint density at radius 2 is 1.50 bits per heavy atom. The third-order valence-corrected chi connectivity index (χ3v) is 7.68. The number of ether oxygens (including phenoxy) is 3. The molecule has 3 aromatic rings. The van der Waals surface area contributed by atoms with Crippen LogP contribution < -0.4 is 24.0 Å². The van der Waals surface area contributed by atoms with E-state index in [-0.39, 0.29) is 17.6 Å². The van der Waals surface area contributed by atoms with Crippen LogP contribution in [0.15, 0.2) is 72.8 Å². The van der Waals surface area contributed by atoms with Crippen LogP contribution in [-0.2, 0) is 9.59 Å². The predicted octanol–water partition coefficient (Wildman–Crippen LogP) is 3.99. The smallest absolute Gasteiger partial charge is 0.240 e. The summed E-state index contributed by atoms with van der Waals surface area (Å²) < 4.78 is 16.0. The topological polar surface area (TPSA) is 85.4 Å². The maximum atomic E-state index is 14.2. The van der Waals surface area contributed by atoms with E-state index in [1.165, 1.54) is 19.1 Å². The fourth-order valence-corrected chi connectivity index (χ4v) is 5.96. The molecule has 0 N–H and O–H groups in total. The number of imide groups is 1. The first kappa shape index (κ1) is 23.8. The predicted molar refractivity (Wildman–Crippen MR) is 142 cm³/mol. The van der Waals surface area contributed by atoms with Crippen LogP contribution in [0.2, 0.25) is 0 Å². The molecule has 0 radical (unpaired) electrons. The van der Waals surface area contributed by atoms with Gasteiger partial charge in [0.1, 0.15) is 11.8 Å². The zero-order valence-electron chi connectivity index (χ0n) is 21.2. The first-order valence-electron chi connectivity index (χ1n) is 12.3. The van der Waals surface area contributed by atoms with Gasteiger partial charge in [-0.25, -0.2) is 4.90 Å². The Labute approximate surface area is 220 Å². The summed E-state index contributed by atoms with van der Waals surface area (Å²) in [5.74, 6) is -0.989. The molecule has 0 unspecified atom stereocenters. The minimum Gasteiger partial charge on any atom is -0.497 e. The van der Waals surface area contributed by atoms with Crippen LogP contribution in [0.5, 0.6) is 17.2 Å². The summed E-state index contributed by atoms with van der Waals surface area (Å²) in [5, 5.41) is 0. The second kappa shape index (κ2) is 9.06. The van der Waals surface area contributed by atoms with Crippen molar-refractivity contribution in [2.24, 2.45) is 11.8 Å². The Balaban J connectivity index is 1.47. The third-order valence-electron chi connectivity index (χ3n) is 7.68. The number of benzene rings is 3. The molecular formula is C30H26N2O6. The molecule has 8 nitrogen and oxygen atoms in total. The maximum Gasteiger partial charge on any atom is 0.240 e. The van der Waals surface area contributed by atoms with Gasteiger partial charge in [0.15, 0.2) is 17.3 Å². The number of Topliss-reactive ketones (excluding diaryl/α,β-unsaturated/α-hetero) is 1. The summed E-state index contributed by atoms with van der Waals surface area (Å²) in [6.45, 7) is 0. The molecular weight excluding hydrogens is 484 g/mol. The molecule has 38 heavy (non-hydrogen) atoms. The average Bonchev–Trinajstić information content (AvgIpc) is 3.44. The van der Waals surface area contributed by atoms with Crippen molar-refractivity contribution in [1.82, 2.24) is 0 Å². The van der Waals surface area contributed by atoms with Crippen molar-refractivity contribution in [2.75, 3.05) is 31.1 Å². The number of carbonyl (C=O) groups excluding carboxylic acids is 3. The SMILES string of the molecule is COc1ccc(N2C(=O)[C@@H]3[C@H](C2=O)[C@H]2C=Cc4ccccc4N2[C@@H]3C(=O)c2ccc(OC)c(OC)c2)cc1. The Morgan fingerprint density at radius 3 is 2.21 bits per heavy atom. The number of fused-ring (bicyclic) bond motifs is 5. The summed E-state index contributed by atoms with van der Waals surface area (Å²) in [7, 11) is 4.59. The number of amides is 2. The summed E-state index contributed by atoms with van der Waals surface area (Å²) in [6, 6.07) is 18.1. The van der Waals surface area contributed by atoms with Crippen LogP contribution in [0.1, 0.15) is 15.9 Å². The summed E-state index contributed by atoms with van der Waals surface area (Å²) in [5.41, 5.74) is 2.59. The molecule has 192 valence electrons. The molecule has 2 amide bonds. The number of nitrogens with zero attached hydrogens (tertiary/aromatic N) is 2. The Bertz CT molecular complexity index is 1480. The molecule has 0 bridgehead atoms. The third kappa shape index (κ3) is 3.40. The lowest BCUT2D eigenvalue weighted by Gasteiger charge is -2.36. The quantitative estimate of drug-likeness (QED) is 0.366. The fourth-order valence-electron chi connectivity index (χ4n) is 5.96. The molecule has 3 aromatic carbocycles. The van der Waals surface area contributed by atoms with E-state index in [9.17, 15) is 14.4 Å². The van der Waals surface area contributed by atoms with Gasteiger partial charge in [-0.3, -0.25) is 14.4 Å². The molecule has 0 spiro atoms. The van der Waals surface area contributed by atoms with Crippen LogP contribution in [0, 0.1) is 11.8 Å². The standard InChI is InChI=1S/C30H26N2O6/c1-36-20-12-10-19(11-13-20)31-29(34)25-22-14-8-17-6-4-5-7-21(17)32(22)27(26(25)30(31)35)28(33)18-9-15-23(37-2)24(16-18)38-3/h4-16,22,25-27H,1-3H3/t22-,25-,26-,27+/m1/s1. The van der Waals surface area contributed by atoms with Gasteiger partial charge in [-0.05, 0) is 54.1 Å². The molecule has 8 heteroatoms. The second-order valence-corrected chi connectivity index (χ2v) is 9.46. The van der Waals surface area contributed by atoms with E-state index in [4.69, 9.17) is 14.2 Å². The summed E-state index contributed by atoms with van der Waals surface area (Å²) in [4.78, 5) is 45.3. The number of carbonyl (C=O) groups is 3. The van der Waals surface area contributed by atoms with Crippen molar-refractivity contribution in [2.45, 2.75) is 12.1 Å². The van der Waals surface area contributed by atoms with Crippen LogP contribution in [0.4, 0.5) is 11.4 Å². The van der Waals surface area contributed by atoms with Crippen LogP contribution in [0.25, 0.3) is 6.08 Å². The number of hydrogen-bond donors (Lipinski definition) is 0. The first-order chi connectivity index (χ1) is 18.5. The van der Waals surface area contributed by atoms with E-state index in [1.54, 1.807) is 49.6 Å². The van der Waals surface area contributed by atoms with E-state index in [0.29, 0.717) is 28.5 Å². The van der Waals surface area contributed by atoms with Crippen molar-refractivity contribution in [3.63, 3.8) is 0 Å². The average molecular weight is 511 g/mol. The molecule has 3 aliphatic rings. The highest BCUT2D eigenvalue weighted by molar-refractivity contribution is 6.25. The molecule has 0 aromatic heterocycles. The molecule has 4 atom stereocenters. The van der Waals surface area contributed by atoms with Crippen molar-refractivity contribution < 1.29 is 28.6 Å². The normalized spacial score (nSPS) is 23.1. The van der Waals surface area contributed by atoms with Gasteiger partial charge in [-0.1, -0.05) is 30.4 Å². The Morgan fingerprint density at radius 1 is 0.789 bits per heavy atom. The number of hydrogen-bond acceptors (Lipinski definition) is 7. The van der Waals surface area contributed by atoms with E-state index >= 15 is 0 Å². The minimum atomic E-state index is -0.881. The highest BCUT2D eigenvalue weighted by Gasteiger charge is 2.64. The maximum absolute atomic E-state index is 14.2. The molecule has 3 aliphatic heterocycles. The van der Waals surface area contributed by atoms with Gasteiger partial charge in [0.25, 0.3) is 0 Å². The number of anilines is 2. The number of para-hydroxylation sites is 1. The van der Waals surface area contributed by atoms with Gasteiger partial charge in [0, 0.05) is 11.3 Å². The zero-order valence-corrected chi connectivity index (χ0v) is 21.2. The lowest BCUT2D eigenvalue weighted by atomic mass is 9.86. The molecule has 6 rings (SSSR count). The van der Waals surface area contributed by atoms with Crippen molar-refractivity contribution in [3.05, 3.63) is 83.9 Å². The van der Waals surface area contributed by atoms with E-state index < -0.39 is 23.9 Å². The van der Waals surface area contributed by atoms with Gasteiger partial charge >= 0.3 is 0 Å². The Kier molecular flexibility index (Phi) is 5.67. The molecule has 2 fully saturated rings. The number of rotatable bonds is 6. The molecule has 0 aliphatic carbocycles. The van der Waals surface area contributed by atoms with Crippen LogP contribution >= 0.6 is 0 Å². The van der Waals surface area contributed by atoms with E-state index in [0.717, 1.165) is 11.3 Å². The largest absolute Gasteiger partial charge is 0.497 e. The summed E-state index contributed by atoms with van der Waals surface area (Å²) in [6.07, 6.45) is 3.90. The lowest BCUT2D eigenvalue weighted by molar-refractivity contribution is -0.122. The Hall–Kier alpha value is -4.59. The highest BCUT2D eigenvalue weighted by Crippen LogP contribution is 2.50. The van der Waals surface area contributed by atoms with Gasteiger partial charge in [-0.2, -0.15) is 0 Å². The van der Waals surface area contributed by atoms with Crippen molar-refractivity contribution >= 4 is 35.0 Å². The van der Waals surface area contributed by atoms with Gasteiger partial charge < -0.3 is 19.1 Å². The van der Waals surface area contributed by atoms with Crippen molar-refractivity contribution in [1.29, 1.82) is 0 Å². The van der Waals surface area contributed by atoms with E-state index in [2.05, 4.69) is 0 Å².